The molecule has 0 aromatic heterocycles. The normalized spacial score (nSPS) is 15.3. The molecule has 0 heterocycles. The van der Waals surface area contributed by atoms with Gasteiger partial charge in [0.05, 0.1) is 25.4 Å². The number of hydrogen-bond donors (Lipinski definition) is 4. The minimum atomic E-state index is -0.767. The van der Waals surface area contributed by atoms with Gasteiger partial charge in [0.25, 0.3) is 0 Å². The predicted octanol–water partition coefficient (Wildman–Crippen LogP) is 3.64. The van der Waals surface area contributed by atoms with Crippen molar-refractivity contribution in [1.82, 2.24) is 0 Å². The van der Waals surface area contributed by atoms with Gasteiger partial charge in [-0.3, -0.25) is 0 Å². The van der Waals surface area contributed by atoms with E-state index in [1.807, 2.05) is 34.6 Å². The summed E-state index contributed by atoms with van der Waals surface area (Å²) in [6.07, 6.45) is -1.74. The van der Waals surface area contributed by atoms with Crippen molar-refractivity contribution >= 4 is 0 Å². The van der Waals surface area contributed by atoms with Crippen LogP contribution in [0.1, 0.15) is 58.0 Å². The molecule has 0 saturated heterocycles. The van der Waals surface area contributed by atoms with Crippen molar-refractivity contribution in [2.24, 2.45) is 10.8 Å². The topological polar surface area (TPSA) is 99.4 Å². The first-order valence-electron chi connectivity index (χ1n) is 10.6. The van der Waals surface area contributed by atoms with E-state index in [1.165, 1.54) is 0 Å². The average molecular weight is 433 g/mol. The Kier molecular flexibility index (Phi) is 8.49. The van der Waals surface area contributed by atoms with Crippen molar-refractivity contribution in [2.75, 3.05) is 19.8 Å². The van der Waals surface area contributed by atoms with E-state index in [-0.39, 0.29) is 19.3 Å². The van der Waals surface area contributed by atoms with Crippen molar-refractivity contribution in [3.8, 4) is 11.5 Å². The molecule has 31 heavy (non-hydrogen) atoms. The molecule has 0 aliphatic heterocycles. The number of hydrogen-bond acceptors (Lipinski definition) is 6. The lowest BCUT2D eigenvalue weighted by molar-refractivity contribution is 0.00620. The molecule has 4 N–H and O–H groups in total. The molecule has 0 radical (unpaired) electrons. The Labute approximate surface area is 185 Å². The quantitative estimate of drug-likeness (QED) is 0.433. The molecule has 2 rings (SSSR count). The summed E-state index contributed by atoms with van der Waals surface area (Å²) in [5, 5.41) is 39.6. The van der Waals surface area contributed by atoms with E-state index in [2.05, 4.69) is 0 Å². The maximum atomic E-state index is 10.4. The number of ether oxygens (including phenoxy) is 2. The standard InChI is InChI=1S/C25H36O6/c1-17(31-21-12-8-19(9-13-21)23(29)25(4,5)16-27)14-30-20-10-6-18(7-11-20)22(28)24(2,3)15-26/h6-13,17,22-23,26-29H,14-16H2,1-5H3. The van der Waals surface area contributed by atoms with Gasteiger partial charge in [-0.05, 0) is 42.3 Å². The van der Waals surface area contributed by atoms with Gasteiger partial charge in [0.15, 0.2) is 0 Å². The predicted molar refractivity (Wildman–Crippen MR) is 120 cm³/mol. The van der Waals surface area contributed by atoms with E-state index in [0.717, 1.165) is 11.1 Å². The fraction of sp³-hybridized carbons (Fsp3) is 0.520. The molecule has 0 bridgehead atoms. The first-order valence-corrected chi connectivity index (χ1v) is 10.6. The number of aliphatic hydroxyl groups excluding tert-OH is 4. The average Bonchev–Trinajstić information content (AvgIpc) is 2.77. The summed E-state index contributed by atoms with van der Waals surface area (Å²) in [6.45, 7) is 9.25. The molecular weight excluding hydrogens is 396 g/mol. The van der Waals surface area contributed by atoms with E-state index < -0.39 is 23.0 Å². The molecule has 0 aliphatic carbocycles. The van der Waals surface area contributed by atoms with Gasteiger partial charge in [-0.15, -0.1) is 0 Å². The van der Waals surface area contributed by atoms with Crippen LogP contribution in [0.3, 0.4) is 0 Å². The zero-order valence-electron chi connectivity index (χ0n) is 19.1. The monoisotopic (exact) mass is 432 g/mol. The smallest absolute Gasteiger partial charge is 0.130 e. The van der Waals surface area contributed by atoms with Gasteiger partial charge in [0.1, 0.15) is 24.2 Å². The molecule has 0 amide bonds. The van der Waals surface area contributed by atoms with Gasteiger partial charge in [-0.1, -0.05) is 52.0 Å². The maximum absolute atomic E-state index is 10.4. The van der Waals surface area contributed by atoms with Crippen LogP contribution in [-0.4, -0.2) is 46.4 Å². The van der Waals surface area contributed by atoms with Crippen molar-refractivity contribution in [1.29, 1.82) is 0 Å². The van der Waals surface area contributed by atoms with Crippen LogP contribution in [0.25, 0.3) is 0 Å². The second-order valence-electron chi connectivity index (χ2n) is 9.48. The Morgan fingerprint density at radius 2 is 1.10 bits per heavy atom. The molecule has 2 aromatic carbocycles. The number of benzene rings is 2. The maximum Gasteiger partial charge on any atom is 0.130 e. The minimum absolute atomic E-state index is 0.111. The highest BCUT2D eigenvalue weighted by atomic mass is 16.5. The van der Waals surface area contributed by atoms with Crippen LogP contribution in [0.5, 0.6) is 11.5 Å². The summed E-state index contributed by atoms with van der Waals surface area (Å²) < 4.78 is 11.7. The molecule has 0 fully saturated rings. The Morgan fingerprint density at radius 1 is 0.710 bits per heavy atom. The second-order valence-corrected chi connectivity index (χ2v) is 9.48. The summed E-state index contributed by atoms with van der Waals surface area (Å²) in [4.78, 5) is 0. The first-order chi connectivity index (χ1) is 14.5. The second kappa shape index (κ2) is 10.5. The zero-order valence-corrected chi connectivity index (χ0v) is 19.1. The van der Waals surface area contributed by atoms with Gasteiger partial charge < -0.3 is 29.9 Å². The first kappa shape index (κ1) is 25.1. The Hall–Kier alpha value is -2.12. The molecule has 0 spiro atoms. The van der Waals surface area contributed by atoms with Gasteiger partial charge >= 0.3 is 0 Å². The summed E-state index contributed by atoms with van der Waals surface area (Å²) in [6, 6.07) is 14.3. The Bertz CT molecular complexity index is 798. The number of aliphatic hydroxyl groups is 4. The van der Waals surface area contributed by atoms with Crippen molar-refractivity contribution in [3.05, 3.63) is 59.7 Å². The fourth-order valence-corrected chi connectivity index (χ4v) is 3.03. The number of rotatable bonds is 11. The van der Waals surface area contributed by atoms with Crippen LogP contribution >= 0.6 is 0 Å². The molecular formula is C25H36O6. The van der Waals surface area contributed by atoms with Gasteiger partial charge in [0.2, 0.25) is 0 Å². The molecule has 6 nitrogen and oxygen atoms in total. The van der Waals surface area contributed by atoms with Crippen LogP contribution in [0.2, 0.25) is 0 Å². The molecule has 0 saturated carbocycles. The molecule has 172 valence electrons. The van der Waals surface area contributed by atoms with Gasteiger partial charge in [0, 0.05) is 10.8 Å². The third-order valence-corrected chi connectivity index (χ3v) is 5.51. The molecule has 6 heteroatoms. The highest BCUT2D eigenvalue weighted by Crippen LogP contribution is 2.34. The lowest BCUT2D eigenvalue weighted by Gasteiger charge is -2.28. The molecule has 2 aromatic rings. The van der Waals surface area contributed by atoms with Crippen LogP contribution in [0.15, 0.2) is 48.5 Å². The van der Waals surface area contributed by atoms with Crippen LogP contribution in [0.4, 0.5) is 0 Å². The molecule has 3 unspecified atom stereocenters. The summed E-state index contributed by atoms with van der Waals surface area (Å²) in [7, 11) is 0. The summed E-state index contributed by atoms with van der Waals surface area (Å²) >= 11 is 0. The lowest BCUT2D eigenvalue weighted by atomic mass is 9.83. The molecule has 3 atom stereocenters. The summed E-state index contributed by atoms with van der Waals surface area (Å²) in [5.41, 5.74) is 0.205. The third kappa shape index (κ3) is 6.68. The highest BCUT2D eigenvalue weighted by molar-refractivity contribution is 5.30. The van der Waals surface area contributed by atoms with Crippen LogP contribution in [0, 0.1) is 10.8 Å². The van der Waals surface area contributed by atoms with E-state index in [9.17, 15) is 20.4 Å². The third-order valence-electron chi connectivity index (χ3n) is 5.51. The Balaban J connectivity index is 1.89. The van der Waals surface area contributed by atoms with Gasteiger partial charge in [-0.2, -0.15) is 0 Å². The van der Waals surface area contributed by atoms with E-state index >= 15 is 0 Å². The van der Waals surface area contributed by atoms with Crippen molar-refractivity contribution < 1.29 is 29.9 Å². The zero-order chi connectivity index (χ0) is 23.2. The van der Waals surface area contributed by atoms with Crippen molar-refractivity contribution in [3.63, 3.8) is 0 Å². The van der Waals surface area contributed by atoms with E-state index in [4.69, 9.17) is 9.47 Å². The van der Waals surface area contributed by atoms with Crippen LogP contribution in [-0.2, 0) is 0 Å². The highest BCUT2D eigenvalue weighted by Gasteiger charge is 2.29. The van der Waals surface area contributed by atoms with Crippen molar-refractivity contribution in [2.45, 2.75) is 52.9 Å². The molecule has 0 aliphatic rings. The van der Waals surface area contributed by atoms with Crippen LogP contribution < -0.4 is 9.47 Å². The Morgan fingerprint density at radius 3 is 1.48 bits per heavy atom. The summed E-state index contributed by atoms with van der Waals surface area (Å²) in [5.74, 6) is 1.33. The minimum Gasteiger partial charge on any atom is -0.490 e. The largest absolute Gasteiger partial charge is 0.490 e. The van der Waals surface area contributed by atoms with E-state index in [0.29, 0.717) is 18.1 Å². The fourth-order valence-electron chi connectivity index (χ4n) is 3.03. The lowest BCUT2D eigenvalue weighted by Crippen LogP contribution is -2.26. The van der Waals surface area contributed by atoms with Gasteiger partial charge in [-0.25, -0.2) is 0 Å². The van der Waals surface area contributed by atoms with E-state index in [1.54, 1.807) is 48.5 Å². The SMILES string of the molecule is CC(COc1ccc(C(O)C(C)(C)CO)cc1)Oc1ccc(C(O)C(C)(C)CO)cc1.